The van der Waals surface area contributed by atoms with Gasteiger partial charge in [0.15, 0.2) is 0 Å². The van der Waals surface area contributed by atoms with E-state index in [9.17, 15) is 9.18 Å². The normalized spacial score (nSPS) is 12.6. The van der Waals surface area contributed by atoms with E-state index < -0.39 is 5.92 Å². The van der Waals surface area contributed by atoms with Crippen LogP contribution in [0.2, 0.25) is 5.02 Å². The van der Waals surface area contributed by atoms with Crippen LogP contribution in [0.4, 0.5) is 4.39 Å². The summed E-state index contributed by atoms with van der Waals surface area (Å²) in [7, 11) is 0. The van der Waals surface area contributed by atoms with Crippen LogP contribution in [0.15, 0.2) is 42.4 Å². The summed E-state index contributed by atoms with van der Waals surface area (Å²) in [5.74, 6) is 0.595. The Balaban J connectivity index is 2.06. The van der Waals surface area contributed by atoms with E-state index in [0.29, 0.717) is 34.6 Å². The molecule has 0 saturated heterocycles. The number of allylic oxidation sites excluding steroid dienone is 1. The first kappa shape index (κ1) is 19.9. The minimum absolute atomic E-state index is 0.0462. The van der Waals surface area contributed by atoms with E-state index in [1.807, 2.05) is 6.92 Å². The van der Waals surface area contributed by atoms with Crippen molar-refractivity contribution in [2.24, 2.45) is 5.92 Å². The number of Topliss-reactive ketones (excluding diaryl/α,β-unsaturated/α-hetero) is 1. The highest BCUT2D eigenvalue weighted by Crippen LogP contribution is 2.32. The molecule has 0 N–H and O–H groups in total. The van der Waals surface area contributed by atoms with Crippen molar-refractivity contribution in [2.45, 2.75) is 27.2 Å². The number of ketones is 1. The van der Waals surface area contributed by atoms with Gasteiger partial charge in [0, 0.05) is 30.7 Å². The van der Waals surface area contributed by atoms with Crippen molar-refractivity contribution >= 4 is 23.5 Å². The molecule has 1 aromatic heterocycles. The summed E-state index contributed by atoms with van der Waals surface area (Å²) in [5, 5.41) is 0.408. The quantitative estimate of drug-likeness (QED) is 0.578. The zero-order valence-corrected chi connectivity index (χ0v) is 15.7. The van der Waals surface area contributed by atoms with E-state index in [4.69, 9.17) is 21.1 Å². The number of carbonyl (C=O) groups excluding carboxylic acids is 1. The Kier molecular flexibility index (Phi) is 7.16. The second-order valence-electron chi connectivity index (χ2n) is 5.89. The zero-order chi connectivity index (χ0) is 19.1. The molecule has 1 atom stereocenters. The SMILES string of the molecule is CCOc1ccc(Oc2ccc(/C=C(\F)C(C)CC(C)=O)cn2)c(Cl)c1. The molecule has 0 aliphatic carbocycles. The van der Waals surface area contributed by atoms with Crippen molar-refractivity contribution in [3.05, 3.63) is 52.9 Å². The summed E-state index contributed by atoms with van der Waals surface area (Å²) >= 11 is 6.17. The summed E-state index contributed by atoms with van der Waals surface area (Å²) in [6.45, 7) is 5.56. The summed E-state index contributed by atoms with van der Waals surface area (Å²) < 4.78 is 25.1. The standard InChI is InChI=1S/C20H21ClFNO3/c1-4-25-16-6-7-19(17(21)11-16)26-20-8-5-15(12-23-20)10-18(22)13(2)9-14(3)24/h5-8,10-13H,4,9H2,1-3H3/b18-10-. The van der Waals surface area contributed by atoms with Crippen molar-refractivity contribution in [1.82, 2.24) is 4.98 Å². The maximum atomic E-state index is 14.1. The molecule has 2 aromatic rings. The van der Waals surface area contributed by atoms with Crippen LogP contribution in [0.3, 0.4) is 0 Å². The van der Waals surface area contributed by atoms with E-state index in [-0.39, 0.29) is 18.0 Å². The first-order valence-corrected chi connectivity index (χ1v) is 8.69. The highest BCUT2D eigenvalue weighted by atomic mass is 35.5. The van der Waals surface area contributed by atoms with Gasteiger partial charge in [-0.3, -0.25) is 0 Å². The minimum Gasteiger partial charge on any atom is -0.494 e. The molecule has 0 aliphatic heterocycles. The van der Waals surface area contributed by atoms with E-state index in [1.165, 1.54) is 19.2 Å². The number of ether oxygens (including phenoxy) is 2. The highest BCUT2D eigenvalue weighted by Gasteiger charge is 2.11. The number of carbonyl (C=O) groups is 1. The summed E-state index contributed by atoms with van der Waals surface area (Å²) in [4.78, 5) is 15.2. The monoisotopic (exact) mass is 377 g/mol. The third-order valence-electron chi connectivity index (χ3n) is 3.56. The van der Waals surface area contributed by atoms with Crippen LogP contribution in [0, 0.1) is 5.92 Å². The number of hydrogen-bond donors (Lipinski definition) is 0. The molecule has 1 aromatic carbocycles. The molecular weight excluding hydrogens is 357 g/mol. The Labute approximate surface area is 157 Å². The van der Waals surface area contributed by atoms with Crippen molar-refractivity contribution in [2.75, 3.05) is 6.61 Å². The second-order valence-corrected chi connectivity index (χ2v) is 6.30. The van der Waals surface area contributed by atoms with E-state index in [0.717, 1.165) is 0 Å². The van der Waals surface area contributed by atoms with Crippen LogP contribution in [-0.4, -0.2) is 17.4 Å². The topological polar surface area (TPSA) is 48.4 Å². The third kappa shape index (κ3) is 5.85. The number of halogens is 2. The smallest absolute Gasteiger partial charge is 0.219 e. The average molecular weight is 378 g/mol. The first-order chi connectivity index (χ1) is 12.4. The first-order valence-electron chi connectivity index (χ1n) is 8.31. The molecule has 0 saturated carbocycles. The average Bonchev–Trinajstić information content (AvgIpc) is 2.58. The van der Waals surface area contributed by atoms with Gasteiger partial charge in [-0.2, -0.15) is 0 Å². The number of benzene rings is 1. The van der Waals surface area contributed by atoms with Gasteiger partial charge in [-0.15, -0.1) is 0 Å². The number of aromatic nitrogens is 1. The van der Waals surface area contributed by atoms with Gasteiger partial charge in [-0.1, -0.05) is 18.5 Å². The molecule has 2 rings (SSSR count). The van der Waals surface area contributed by atoms with E-state index >= 15 is 0 Å². The predicted octanol–water partition coefficient (Wildman–Crippen LogP) is 5.85. The number of rotatable bonds is 8. The fraction of sp³-hybridized carbons (Fsp3) is 0.300. The lowest BCUT2D eigenvalue weighted by molar-refractivity contribution is -0.117. The largest absolute Gasteiger partial charge is 0.494 e. The van der Waals surface area contributed by atoms with Gasteiger partial charge in [-0.25, -0.2) is 9.37 Å². The molecule has 0 radical (unpaired) electrons. The lowest BCUT2D eigenvalue weighted by Gasteiger charge is -2.09. The number of nitrogens with zero attached hydrogens (tertiary/aromatic N) is 1. The van der Waals surface area contributed by atoms with Gasteiger partial charge in [0.2, 0.25) is 5.88 Å². The molecule has 6 heteroatoms. The fourth-order valence-corrected chi connectivity index (χ4v) is 2.51. The lowest BCUT2D eigenvalue weighted by atomic mass is 10.0. The second kappa shape index (κ2) is 9.34. The van der Waals surface area contributed by atoms with Gasteiger partial charge in [-0.05, 0) is 43.7 Å². The number of pyridine rings is 1. The van der Waals surface area contributed by atoms with E-state index in [1.54, 1.807) is 37.3 Å². The number of hydrogen-bond acceptors (Lipinski definition) is 4. The van der Waals surface area contributed by atoms with Crippen LogP contribution in [0.25, 0.3) is 6.08 Å². The predicted molar refractivity (Wildman–Crippen MR) is 100 cm³/mol. The Morgan fingerprint density at radius 2 is 2.12 bits per heavy atom. The maximum absolute atomic E-state index is 14.1. The molecule has 138 valence electrons. The summed E-state index contributed by atoms with van der Waals surface area (Å²) in [5.41, 5.74) is 0.586. The Morgan fingerprint density at radius 1 is 1.35 bits per heavy atom. The molecule has 1 heterocycles. The third-order valence-corrected chi connectivity index (χ3v) is 3.85. The van der Waals surface area contributed by atoms with Crippen molar-refractivity contribution in [3.63, 3.8) is 0 Å². The van der Waals surface area contributed by atoms with Gasteiger partial charge >= 0.3 is 0 Å². The van der Waals surface area contributed by atoms with E-state index in [2.05, 4.69) is 4.98 Å². The van der Waals surface area contributed by atoms with Crippen molar-refractivity contribution in [1.29, 1.82) is 0 Å². The molecule has 0 spiro atoms. The molecule has 0 aliphatic rings. The van der Waals surface area contributed by atoms with Gasteiger partial charge in [0.25, 0.3) is 0 Å². The summed E-state index contributed by atoms with van der Waals surface area (Å²) in [6.07, 6.45) is 3.04. The molecule has 0 amide bonds. The Morgan fingerprint density at radius 3 is 2.69 bits per heavy atom. The van der Waals surface area contributed by atoms with Crippen LogP contribution in [-0.2, 0) is 4.79 Å². The van der Waals surface area contributed by atoms with Crippen molar-refractivity contribution < 1.29 is 18.7 Å². The zero-order valence-electron chi connectivity index (χ0n) is 15.0. The van der Waals surface area contributed by atoms with Crippen LogP contribution >= 0.6 is 11.6 Å². The van der Waals surface area contributed by atoms with Crippen LogP contribution in [0.5, 0.6) is 17.4 Å². The molecular formula is C20H21ClFNO3. The van der Waals surface area contributed by atoms with Crippen LogP contribution in [0.1, 0.15) is 32.8 Å². The van der Waals surface area contributed by atoms with Crippen LogP contribution < -0.4 is 9.47 Å². The molecule has 4 nitrogen and oxygen atoms in total. The highest BCUT2D eigenvalue weighted by molar-refractivity contribution is 6.32. The Hall–Kier alpha value is -2.40. The maximum Gasteiger partial charge on any atom is 0.219 e. The molecule has 1 unspecified atom stereocenters. The Bertz CT molecular complexity index is 790. The molecule has 0 bridgehead atoms. The van der Waals surface area contributed by atoms with Crippen molar-refractivity contribution in [3.8, 4) is 17.4 Å². The van der Waals surface area contributed by atoms with Gasteiger partial charge in [0.05, 0.1) is 11.6 Å². The lowest BCUT2D eigenvalue weighted by Crippen LogP contribution is -2.02. The minimum atomic E-state index is -0.453. The van der Waals surface area contributed by atoms with Gasteiger partial charge < -0.3 is 14.3 Å². The summed E-state index contributed by atoms with van der Waals surface area (Å²) in [6, 6.07) is 8.44. The molecule has 26 heavy (non-hydrogen) atoms. The molecule has 0 fully saturated rings. The fourth-order valence-electron chi connectivity index (χ4n) is 2.30. The van der Waals surface area contributed by atoms with Gasteiger partial charge in [0.1, 0.15) is 23.1 Å².